The highest BCUT2D eigenvalue weighted by molar-refractivity contribution is 5.75. The molecule has 3 heterocycles. The maximum atomic E-state index is 12.4. The minimum atomic E-state index is 0.0702. The van der Waals surface area contributed by atoms with Crippen LogP contribution in [0.15, 0.2) is 30.3 Å². The second-order valence-corrected chi connectivity index (χ2v) is 8.96. The lowest BCUT2D eigenvalue weighted by atomic mass is 9.71. The van der Waals surface area contributed by atoms with Crippen molar-refractivity contribution in [1.82, 2.24) is 29.9 Å². The Labute approximate surface area is 165 Å². The SMILES string of the molecule is CN(C)C(=O)N1CC2(CN(Cc3ccccc3)CC2c2nc(C3CC3)n[nH]2)C1. The Morgan fingerprint density at radius 2 is 1.96 bits per heavy atom. The molecule has 1 aromatic heterocycles. The van der Waals surface area contributed by atoms with Gasteiger partial charge in [-0.25, -0.2) is 9.78 Å². The van der Waals surface area contributed by atoms with E-state index in [9.17, 15) is 4.79 Å². The molecule has 7 nitrogen and oxygen atoms in total. The van der Waals surface area contributed by atoms with Gasteiger partial charge < -0.3 is 9.80 Å². The Morgan fingerprint density at radius 1 is 1.21 bits per heavy atom. The lowest BCUT2D eigenvalue weighted by Crippen LogP contribution is -2.63. The highest BCUT2D eigenvalue weighted by atomic mass is 16.2. The number of carbonyl (C=O) groups is 1. The summed E-state index contributed by atoms with van der Waals surface area (Å²) in [5.41, 5.74) is 1.40. The summed E-state index contributed by atoms with van der Waals surface area (Å²) in [7, 11) is 3.64. The topological polar surface area (TPSA) is 68.4 Å². The van der Waals surface area contributed by atoms with Gasteiger partial charge in [0.25, 0.3) is 0 Å². The van der Waals surface area contributed by atoms with Crippen molar-refractivity contribution in [3.63, 3.8) is 0 Å². The number of likely N-dealkylation sites (tertiary alicyclic amines) is 2. The summed E-state index contributed by atoms with van der Waals surface area (Å²) in [6, 6.07) is 10.7. The minimum absolute atomic E-state index is 0.0702. The lowest BCUT2D eigenvalue weighted by molar-refractivity contribution is 0.0159. The van der Waals surface area contributed by atoms with Crippen LogP contribution in [0.4, 0.5) is 4.79 Å². The zero-order valence-corrected chi connectivity index (χ0v) is 16.6. The quantitative estimate of drug-likeness (QED) is 0.884. The molecule has 2 aromatic rings. The van der Waals surface area contributed by atoms with Gasteiger partial charge in [0.15, 0.2) is 5.82 Å². The van der Waals surface area contributed by atoms with Gasteiger partial charge in [0.1, 0.15) is 5.82 Å². The first-order chi connectivity index (χ1) is 13.5. The molecule has 5 rings (SSSR count). The van der Waals surface area contributed by atoms with Crippen molar-refractivity contribution in [3.8, 4) is 0 Å². The maximum Gasteiger partial charge on any atom is 0.319 e. The van der Waals surface area contributed by atoms with Crippen LogP contribution in [0.5, 0.6) is 0 Å². The van der Waals surface area contributed by atoms with E-state index in [0.717, 1.165) is 44.4 Å². The van der Waals surface area contributed by atoms with E-state index in [-0.39, 0.29) is 11.4 Å². The monoisotopic (exact) mass is 380 g/mol. The van der Waals surface area contributed by atoms with Gasteiger partial charge in [0, 0.05) is 64.1 Å². The second-order valence-electron chi connectivity index (χ2n) is 8.96. The van der Waals surface area contributed by atoms with E-state index in [0.29, 0.717) is 11.8 Å². The Morgan fingerprint density at radius 3 is 2.64 bits per heavy atom. The predicted octanol–water partition coefficient (Wildman–Crippen LogP) is 2.27. The van der Waals surface area contributed by atoms with Gasteiger partial charge in [-0.1, -0.05) is 30.3 Å². The van der Waals surface area contributed by atoms with Crippen LogP contribution in [0.2, 0.25) is 0 Å². The minimum Gasteiger partial charge on any atom is -0.331 e. The molecular weight excluding hydrogens is 352 g/mol. The smallest absolute Gasteiger partial charge is 0.319 e. The molecule has 28 heavy (non-hydrogen) atoms. The maximum absolute atomic E-state index is 12.4. The Kier molecular flexibility index (Phi) is 4.16. The average molecular weight is 380 g/mol. The fourth-order valence-corrected chi connectivity index (χ4v) is 4.83. The molecule has 1 aliphatic carbocycles. The van der Waals surface area contributed by atoms with Gasteiger partial charge in [-0.2, -0.15) is 5.10 Å². The van der Waals surface area contributed by atoms with Crippen LogP contribution in [0.25, 0.3) is 0 Å². The number of hydrogen-bond donors (Lipinski definition) is 1. The van der Waals surface area contributed by atoms with E-state index in [1.165, 1.54) is 18.4 Å². The van der Waals surface area contributed by atoms with E-state index in [2.05, 4.69) is 45.4 Å². The van der Waals surface area contributed by atoms with Crippen molar-refractivity contribution in [2.75, 3.05) is 40.3 Å². The molecule has 1 N–H and O–H groups in total. The summed E-state index contributed by atoms with van der Waals surface area (Å²) >= 11 is 0. The molecule has 2 amide bonds. The van der Waals surface area contributed by atoms with Crippen LogP contribution in [-0.2, 0) is 6.54 Å². The standard InChI is InChI=1S/C21H28N6O/c1-25(2)20(28)27-13-21(14-27)12-26(10-15-6-4-3-5-7-15)11-17(21)19-22-18(23-24-19)16-8-9-16/h3-7,16-17H,8-14H2,1-2H3,(H,22,23,24). The first-order valence-electron chi connectivity index (χ1n) is 10.2. The largest absolute Gasteiger partial charge is 0.331 e. The van der Waals surface area contributed by atoms with E-state index in [1.54, 1.807) is 4.90 Å². The number of H-pyrrole nitrogens is 1. The predicted molar refractivity (Wildman–Crippen MR) is 106 cm³/mol. The Hall–Kier alpha value is -2.41. The fourth-order valence-electron chi connectivity index (χ4n) is 4.83. The van der Waals surface area contributed by atoms with Crippen LogP contribution in [0, 0.1) is 5.41 Å². The van der Waals surface area contributed by atoms with Crippen LogP contribution in [-0.4, -0.2) is 76.2 Å². The third-order valence-corrected chi connectivity index (χ3v) is 6.42. The molecule has 0 radical (unpaired) electrons. The van der Waals surface area contributed by atoms with Crippen LogP contribution in [0.1, 0.15) is 41.9 Å². The molecule has 1 unspecified atom stereocenters. The van der Waals surface area contributed by atoms with Crippen molar-refractivity contribution < 1.29 is 4.79 Å². The number of aromatic amines is 1. The summed E-state index contributed by atoms with van der Waals surface area (Å²) < 4.78 is 0. The molecule has 2 aliphatic heterocycles. The number of amides is 2. The zero-order valence-electron chi connectivity index (χ0n) is 16.6. The van der Waals surface area contributed by atoms with Crippen LogP contribution in [0.3, 0.4) is 0 Å². The average Bonchev–Trinajstić information content (AvgIpc) is 3.27. The van der Waals surface area contributed by atoms with Crippen molar-refractivity contribution >= 4 is 6.03 Å². The second kappa shape index (κ2) is 6.58. The van der Waals surface area contributed by atoms with Crippen molar-refractivity contribution in [2.24, 2.45) is 5.41 Å². The number of urea groups is 1. The van der Waals surface area contributed by atoms with E-state index >= 15 is 0 Å². The summed E-state index contributed by atoms with van der Waals surface area (Å²) in [6.45, 7) is 4.46. The molecule has 3 aliphatic rings. The molecular formula is C21H28N6O. The molecule has 7 heteroatoms. The first kappa shape index (κ1) is 17.7. The zero-order chi connectivity index (χ0) is 19.3. The van der Waals surface area contributed by atoms with Gasteiger partial charge in [-0.05, 0) is 18.4 Å². The molecule has 1 atom stereocenters. The molecule has 148 valence electrons. The number of nitrogens with one attached hydrogen (secondary N) is 1. The third-order valence-electron chi connectivity index (χ3n) is 6.42. The number of benzene rings is 1. The van der Waals surface area contributed by atoms with Crippen LogP contribution < -0.4 is 0 Å². The third kappa shape index (κ3) is 3.07. The van der Waals surface area contributed by atoms with E-state index in [1.807, 2.05) is 19.0 Å². The molecule has 1 saturated carbocycles. The number of aromatic nitrogens is 3. The summed E-state index contributed by atoms with van der Waals surface area (Å²) in [5, 5.41) is 7.74. The van der Waals surface area contributed by atoms with Gasteiger partial charge in [-0.3, -0.25) is 10.00 Å². The summed E-state index contributed by atoms with van der Waals surface area (Å²) in [6.07, 6.45) is 2.41. The molecule has 0 bridgehead atoms. The first-order valence-corrected chi connectivity index (χ1v) is 10.2. The summed E-state index contributed by atoms with van der Waals surface area (Å²) in [5.74, 6) is 2.83. The molecule has 3 fully saturated rings. The number of hydrogen-bond acceptors (Lipinski definition) is 4. The fraction of sp³-hybridized carbons (Fsp3) is 0.571. The van der Waals surface area contributed by atoms with Gasteiger partial charge >= 0.3 is 6.03 Å². The highest BCUT2D eigenvalue weighted by Gasteiger charge is 2.57. The van der Waals surface area contributed by atoms with Gasteiger partial charge in [-0.15, -0.1) is 0 Å². The Balaban J connectivity index is 1.36. The van der Waals surface area contributed by atoms with E-state index in [4.69, 9.17) is 4.98 Å². The van der Waals surface area contributed by atoms with Crippen LogP contribution >= 0.6 is 0 Å². The number of carbonyl (C=O) groups excluding carboxylic acids is 1. The lowest BCUT2D eigenvalue weighted by Gasteiger charge is -2.51. The van der Waals surface area contributed by atoms with Crippen molar-refractivity contribution in [3.05, 3.63) is 47.5 Å². The number of rotatable bonds is 4. The Bertz CT molecular complexity index is 853. The highest BCUT2D eigenvalue weighted by Crippen LogP contribution is 2.49. The molecule has 1 spiro atoms. The molecule has 1 aromatic carbocycles. The van der Waals surface area contributed by atoms with Crippen molar-refractivity contribution in [1.29, 1.82) is 0 Å². The molecule has 2 saturated heterocycles. The van der Waals surface area contributed by atoms with Gasteiger partial charge in [0.05, 0.1) is 0 Å². The van der Waals surface area contributed by atoms with Gasteiger partial charge in [0.2, 0.25) is 0 Å². The summed E-state index contributed by atoms with van der Waals surface area (Å²) in [4.78, 5) is 23.4. The van der Waals surface area contributed by atoms with Crippen molar-refractivity contribution in [2.45, 2.75) is 31.2 Å². The van der Waals surface area contributed by atoms with E-state index < -0.39 is 0 Å². The number of nitrogens with zero attached hydrogens (tertiary/aromatic N) is 5. The normalized spacial score (nSPS) is 23.8.